The number of hydrogen-bond acceptors (Lipinski definition) is 4. The molecule has 6 heteroatoms. The summed E-state index contributed by atoms with van der Waals surface area (Å²) in [6.45, 7) is 5.28. The second-order valence-corrected chi connectivity index (χ2v) is 8.60. The number of thiocarbonyl (C=S) groups is 1. The van der Waals surface area contributed by atoms with Crippen LogP contribution in [0.2, 0.25) is 0 Å². The van der Waals surface area contributed by atoms with Crippen molar-refractivity contribution in [3.8, 4) is 0 Å². The fourth-order valence-electron chi connectivity index (χ4n) is 4.56. The lowest BCUT2D eigenvalue weighted by Crippen LogP contribution is -2.46. The molecule has 1 aliphatic carbocycles. The van der Waals surface area contributed by atoms with E-state index in [0.29, 0.717) is 12.8 Å². The molecule has 0 spiro atoms. The van der Waals surface area contributed by atoms with Crippen molar-refractivity contribution in [3.05, 3.63) is 46.7 Å². The lowest BCUT2D eigenvalue weighted by molar-refractivity contribution is -0.118. The number of benzene rings is 1. The van der Waals surface area contributed by atoms with Gasteiger partial charge in [0.25, 0.3) is 0 Å². The first-order chi connectivity index (χ1) is 12.4. The Balaban J connectivity index is 1.84. The van der Waals surface area contributed by atoms with Crippen LogP contribution >= 0.6 is 12.2 Å². The summed E-state index contributed by atoms with van der Waals surface area (Å²) in [4.78, 5) is 15.4. The Labute approximate surface area is 159 Å². The quantitative estimate of drug-likeness (QED) is 0.589. The van der Waals surface area contributed by atoms with Crippen LogP contribution in [0.25, 0.3) is 0 Å². The van der Waals surface area contributed by atoms with E-state index in [-0.39, 0.29) is 22.4 Å². The van der Waals surface area contributed by atoms with Gasteiger partial charge >= 0.3 is 0 Å². The first-order valence-corrected chi connectivity index (χ1v) is 9.50. The summed E-state index contributed by atoms with van der Waals surface area (Å²) in [5.41, 5.74) is 13.7. The monoisotopic (exact) mass is 368 g/mol. The van der Waals surface area contributed by atoms with Crippen LogP contribution in [0.15, 0.2) is 40.6 Å². The Bertz CT molecular complexity index is 855. The van der Waals surface area contributed by atoms with Gasteiger partial charge in [0.2, 0.25) is 0 Å². The van der Waals surface area contributed by atoms with Gasteiger partial charge in [0.1, 0.15) is 0 Å². The van der Waals surface area contributed by atoms with Crippen molar-refractivity contribution in [1.82, 2.24) is 10.3 Å². The molecule has 0 saturated carbocycles. The fourth-order valence-corrected chi connectivity index (χ4v) is 4.61. The van der Waals surface area contributed by atoms with Crippen LogP contribution in [0.5, 0.6) is 0 Å². The third-order valence-corrected chi connectivity index (χ3v) is 5.68. The Morgan fingerprint density at radius 3 is 2.88 bits per heavy atom. The van der Waals surface area contributed by atoms with Crippen LogP contribution in [0.4, 0.5) is 0 Å². The summed E-state index contributed by atoms with van der Waals surface area (Å²) in [5, 5.41) is 4.54. The molecule has 0 saturated heterocycles. The average molecular weight is 369 g/mol. The number of hydrogen-bond donors (Lipinski definition) is 2. The number of nitrogens with one attached hydrogen (secondary N) is 1. The van der Waals surface area contributed by atoms with Gasteiger partial charge in [-0.1, -0.05) is 38.1 Å². The van der Waals surface area contributed by atoms with E-state index in [2.05, 4.69) is 53.5 Å². The molecule has 4 rings (SSSR count). The minimum Gasteiger partial charge on any atom is -0.375 e. The summed E-state index contributed by atoms with van der Waals surface area (Å²) < 4.78 is 0. The van der Waals surface area contributed by atoms with Gasteiger partial charge < -0.3 is 10.6 Å². The lowest BCUT2D eigenvalue weighted by Gasteiger charge is -2.48. The van der Waals surface area contributed by atoms with Gasteiger partial charge in [-0.2, -0.15) is 5.10 Å². The number of nitrogens with zero attached hydrogens (tertiary/aromatic N) is 2. The van der Waals surface area contributed by atoms with E-state index < -0.39 is 0 Å². The zero-order valence-electron chi connectivity index (χ0n) is 15.2. The summed E-state index contributed by atoms with van der Waals surface area (Å²) in [6, 6.07) is 8.81. The van der Waals surface area contributed by atoms with Gasteiger partial charge in [0.15, 0.2) is 10.9 Å². The smallest absolute Gasteiger partial charge is 0.184 e. The van der Waals surface area contributed by atoms with Gasteiger partial charge in [-0.3, -0.25) is 10.2 Å². The number of hydrazone groups is 1. The molecule has 1 aromatic carbocycles. The number of carbonyl (C=O) groups is 1. The normalized spacial score (nSPS) is 25.5. The van der Waals surface area contributed by atoms with Gasteiger partial charge in [0.05, 0.1) is 17.3 Å². The Morgan fingerprint density at radius 2 is 2.12 bits per heavy atom. The van der Waals surface area contributed by atoms with E-state index in [0.717, 1.165) is 36.4 Å². The number of fused-ring (bicyclic) bond motifs is 4. The topological polar surface area (TPSA) is 70.7 Å². The molecular weight excluding hydrogens is 344 g/mol. The highest BCUT2D eigenvalue weighted by atomic mass is 32.1. The maximum absolute atomic E-state index is 13.0. The maximum Gasteiger partial charge on any atom is 0.184 e. The predicted octanol–water partition coefficient (Wildman–Crippen LogP) is 2.82. The molecule has 26 heavy (non-hydrogen) atoms. The Kier molecular flexibility index (Phi) is 4.10. The second kappa shape index (κ2) is 6.20. The van der Waals surface area contributed by atoms with E-state index >= 15 is 0 Å². The molecule has 0 bridgehead atoms. The van der Waals surface area contributed by atoms with Crippen molar-refractivity contribution in [2.24, 2.45) is 16.3 Å². The summed E-state index contributed by atoms with van der Waals surface area (Å²) in [6.07, 6.45) is 3.14. The number of allylic oxidation sites excluding steroid dienone is 2. The van der Waals surface area contributed by atoms with Gasteiger partial charge in [0, 0.05) is 25.1 Å². The number of rotatable bonds is 1. The van der Waals surface area contributed by atoms with Crippen LogP contribution in [-0.4, -0.2) is 28.1 Å². The van der Waals surface area contributed by atoms with Crippen molar-refractivity contribution in [2.75, 3.05) is 6.54 Å². The SMILES string of the molecule is CC1(C)CC(=O)C2=C(C1)N1CCc3ccccc3[C@H]1CC2=NNC(N)=S. The molecule has 3 aliphatic rings. The molecule has 1 aromatic rings. The fraction of sp³-hybridized carbons (Fsp3) is 0.450. The highest BCUT2D eigenvalue weighted by Gasteiger charge is 2.44. The summed E-state index contributed by atoms with van der Waals surface area (Å²) in [7, 11) is 0. The van der Waals surface area contributed by atoms with E-state index in [4.69, 9.17) is 18.0 Å². The predicted molar refractivity (Wildman–Crippen MR) is 107 cm³/mol. The van der Waals surface area contributed by atoms with Gasteiger partial charge in [-0.25, -0.2) is 0 Å². The molecule has 0 aromatic heterocycles. The highest BCUT2D eigenvalue weighted by Crippen LogP contribution is 2.47. The molecule has 0 fully saturated rings. The van der Waals surface area contributed by atoms with Crippen LogP contribution < -0.4 is 11.2 Å². The molecular formula is C20H24N4OS. The van der Waals surface area contributed by atoms with Crippen molar-refractivity contribution in [2.45, 2.75) is 45.6 Å². The van der Waals surface area contributed by atoms with E-state index in [1.807, 2.05) is 0 Å². The molecule has 0 unspecified atom stereocenters. The van der Waals surface area contributed by atoms with Crippen LogP contribution in [-0.2, 0) is 11.2 Å². The van der Waals surface area contributed by atoms with E-state index in [1.54, 1.807) is 0 Å². The molecule has 0 amide bonds. The Morgan fingerprint density at radius 1 is 1.35 bits per heavy atom. The van der Waals surface area contributed by atoms with Crippen molar-refractivity contribution in [1.29, 1.82) is 0 Å². The number of ketones is 1. The van der Waals surface area contributed by atoms with Gasteiger partial charge in [-0.05, 0) is 41.6 Å². The Hall–Kier alpha value is -2.21. The van der Waals surface area contributed by atoms with Crippen molar-refractivity contribution < 1.29 is 4.79 Å². The minimum absolute atomic E-state index is 0.0313. The average Bonchev–Trinajstić information content (AvgIpc) is 2.58. The van der Waals surface area contributed by atoms with Gasteiger partial charge in [-0.15, -0.1) is 0 Å². The molecule has 136 valence electrons. The minimum atomic E-state index is -0.0313. The molecule has 3 N–H and O–H groups in total. The molecule has 0 radical (unpaired) electrons. The molecule has 2 heterocycles. The highest BCUT2D eigenvalue weighted by molar-refractivity contribution is 7.80. The molecule has 1 atom stereocenters. The second-order valence-electron chi connectivity index (χ2n) is 8.16. The third-order valence-electron chi connectivity index (χ3n) is 5.59. The first kappa shape index (κ1) is 17.2. The summed E-state index contributed by atoms with van der Waals surface area (Å²) in [5.74, 6) is 0.178. The first-order valence-electron chi connectivity index (χ1n) is 9.09. The van der Waals surface area contributed by atoms with Crippen LogP contribution in [0.1, 0.15) is 50.3 Å². The number of carbonyl (C=O) groups excluding carboxylic acids is 1. The van der Waals surface area contributed by atoms with Crippen LogP contribution in [0, 0.1) is 5.41 Å². The maximum atomic E-state index is 13.0. The van der Waals surface area contributed by atoms with Crippen LogP contribution in [0.3, 0.4) is 0 Å². The van der Waals surface area contributed by atoms with E-state index in [9.17, 15) is 4.79 Å². The van der Waals surface area contributed by atoms with E-state index in [1.165, 1.54) is 11.1 Å². The lowest BCUT2D eigenvalue weighted by atomic mass is 9.71. The zero-order chi connectivity index (χ0) is 18.5. The number of nitrogens with two attached hydrogens (primary N) is 1. The zero-order valence-corrected chi connectivity index (χ0v) is 16.0. The van der Waals surface area contributed by atoms with Crippen molar-refractivity contribution in [3.63, 3.8) is 0 Å². The molecule has 2 aliphatic heterocycles. The third kappa shape index (κ3) is 2.92. The largest absolute Gasteiger partial charge is 0.375 e. The molecule has 5 nitrogen and oxygen atoms in total. The number of Topliss-reactive ketones (excluding diaryl/α,β-unsaturated/α-hetero) is 1. The summed E-state index contributed by atoms with van der Waals surface area (Å²) >= 11 is 4.90. The standard InChI is InChI=1S/C20H24N4OS/c1-20(2)10-16-18(17(25)11-20)14(22-23-19(21)26)9-15-13-6-4-3-5-12(13)7-8-24(15)16/h3-6,15H,7-11H2,1-2H3,(H3,21,23,26)/t15-/m1/s1. The van der Waals surface area contributed by atoms with Crippen molar-refractivity contribution >= 4 is 28.8 Å².